The molecule has 0 aromatic carbocycles. The molecule has 0 aromatic heterocycles. The van der Waals surface area contributed by atoms with Crippen LogP contribution in [0.5, 0.6) is 0 Å². The van der Waals surface area contributed by atoms with Gasteiger partial charge < -0.3 is 19.5 Å². The first kappa shape index (κ1) is 13.4. The van der Waals surface area contributed by atoms with E-state index in [9.17, 15) is 4.79 Å². The van der Waals surface area contributed by atoms with Crippen molar-refractivity contribution in [2.45, 2.75) is 25.4 Å². The predicted octanol–water partition coefficient (Wildman–Crippen LogP) is 0.848. The third-order valence-corrected chi connectivity index (χ3v) is 3.36. The number of carbonyl (C=O) groups excluding carboxylic acids is 1. The molecule has 2 rings (SSSR count). The molecule has 0 bridgehead atoms. The summed E-state index contributed by atoms with van der Waals surface area (Å²) in [5.41, 5.74) is 0.723. The summed E-state index contributed by atoms with van der Waals surface area (Å²) in [6.45, 7) is 2.83. The van der Waals surface area contributed by atoms with Crippen LogP contribution in [0.4, 0.5) is 0 Å². The Labute approximate surface area is 107 Å². The summed E-state index contributed by atoms with van der Waals surface area (Å²) in [5, 5.41) is 2.94. The van der Waals surface area contributed by atoms with Gasteiger partial charge in [0.15, 0.2) is 0 Å². The highest BCUT2D eigenvalue weighted by atomic mass is 16.5. The lowest BCUT2D eigenvalue weighted by Crippen LogP contribution is -2.32. The Morgan fingerprint density at radius 2 is 2.44 bits per heavy atom. The van der Waals surface area contributed by atoms with Gasteiger partial charge in [-0.15, -0.1) is 0 Å². The van der Waals surface area contributed by atoms with E-state index in [4.69, 9.17) is 14.2 Å². The fraction of sp³-hybridized carbons (Fsp3) is 0.769. The van der Waals surface area contributed by atoms with Crippen molar-refractivity contribution in [2.24, 2.45) is 5.92 Å². The van der Waals surface area contributed by atoms with Gasteiger partial charge in [-0.2, -0.15) is 0 Å². The molecule has 1 N–H and O–H groups in total. The molecule has 2 unspecified atom stereocenters. The van der Waals surface area contributed by atoms with Crippen LogP contribution < -0.4 is 5.32 Å². The summed E-state index contributed by atoms with van der Waals surface area (Å²) in [7, 11) is 1.65. The number of ether oxygens (including phenoxy) is 3. The largest absolute Gasteiger partial charge is 0.495 e. The highest BCUT2D eigenvalue weighted by molar-refractivity contribution is 5.93. The number of carbonyl (C=O) groups is 1. The normalized spacial score (nSPS) is 27.5. The first-order valence-electron chi connectivity index (χ1n) is 6.49. The fourth-order valence-corrected chi connectivity index (χ4v) is 2.19. The molecular weight excluding hydrogens is 234 g/mol. The molecule has 5 heteroatoms. The van der Waals surface area contributed by atoms with Crippen molar-refractivity contribution in [2.75, 3.05) is 33.5 Å². The molecule has 0 saturated carbocycles. The van der Waals surface area contributed by atoms with E-state index < -0.39 is 0 Å². The monoisotopic (exact) mass is 255 g/mol. The van der Waals surface area contributed by atoms with Crippen molar-refractivity contribution >= 4 is 5.91 Å². The molecule has 2 aliphatic heterocycles. The molecule has 1 amide bonds. The molecule has 5 nitrogen and oxygen atoms in total. The van der Waals surface area contributed by atoms with Crippen molar-refractivity contribution < 1.29 is 19.0 Å². The molecule has 102 valence electrons. The van der Waals surface area contributed by atoms with Gasteiger partial charge in [-0.3, -0.25) is 4.79 Å². The fourth-order valence-electron chi connectivity index (χ4n) is 2.19. The van der Waals surface area contributed by atoms with Crippen LogP contribution in [0.1, 0.15) is 19.3 Å². The zero-order valence-electron chi connectivity index (χ0n) is 10.8. The van der Waals surface area contributed by atoms with Gasteiger partial charge >= 0.3 is 0 Å². The highest BCUT2D eigenvalue weighted by Gasteiger charge is 2.21. The van der Waals surface area contributed by atoms with Crippen LogP contribution in [0, 0.1) is 5.92 Å². The standard InChI is InChI=1S/C13H21NO4/c1-16-9-12-3-2-11(8-18-12)13(15)14-6-10-4-5-17-7-10/h8,10,12H,2-7,9H2,1H3,(H,14,15). The van der Waals surface area contributed by atoms with E-state index >= 15 is 0 Å². The second-order valence-electron chi connectivity index (χ2n) is 4.83. The zero-order valence-corrected chi connectivity index (χ0v) is 10.8. The summed E-state index contributed by atoms with van der Waals surface area (Å²) in [6.07, 6.45) is 4.27. The smallest absolute Gasteiger partial charge is 0.250 e. The Kier molecular flexibility index (Phi) is 5.01. The average Bonchev–Trinajstić information content (AvgIpc) is 2.90. The molecule has 2 aliphatic rings. The van der Waals surface area contributed by atoms with Crippen molar-refractivity contribution in [3.05, 3.63) is 11.8 Å². The van der Waals surface area contributed by atoms with E-state index in [1.165, 1.54) is 0 Å². The molecular formula is C13H21NO4. The van der Waals surface area contributed by atoms with Crippen molar-refractivity contribution in [1.29, 1.82) is 0 Å². The van der Waals surface area contributed by atoms with Gasteiger partial charge in [0.25, 0.3) is 0 Å². The Morgan fingerprint density at radius 1 is 1.56 bits per heavy atom. The third kappa shape index (κ3) is 3.71. The van der Waals surface area contributed by atoms with Gasteiger partial charge in [0.1, 0.15) is 6.10 Å². The van der Waals surface area contributed by atoms with Gasteiger partial charge in [-0.1, -0.05) is 0 Å². The van der Waals surface area contributed by atoms with Crippen LogP contribution in [0.25, 0.3) is 0 Å². The first-order chi connectivity index (χ1) is 8.79. The van der Waals surface area contributed by atoms with Crippen molar-refractivity contribution in [3.63, 3.8) is 0 Å². The Hall–Kier alpha value is -1.07. The highest BCUT2D eigenvalue weighted by Crippen LogP contribution is 2.18. The van der Waals surface area contributed by atoms with Crippen molar-refractivity contribution in [3.8, 4) is 0 Å². The van der Waals surface area contributed by atoms with Crippen molar-refractivity contribution in [1.82, 2.24) is 5.32 Å². The van der Waals surface area contributed by atoms with Crippen LogP contribution in [-0.4, -0.2) is 45.5 Å². The second kappa shape index (κ2) is 6.75. The number of nitrogens with one attached hydrogen (secondary N) is 1. The number of amides is 1. The van der Waals surface area contributed by atoms with Crippen LogP contribution in [0.2, 0.25) is 0 Å². The van der Waals surface area contributed by atoms with E-state index in [2.05, 4.69) is 5.32 Å². The molecule has 0 spiro atoms. The Bertz CT molecular complexity index is 310. The Morgan fingerprint density at radius 3 is 3.06 bits per heavy atom. The Balaban J connectivity index is 1.72. The summed E-state index contributed by atoms with van der Waals surface area (Å²) in [4.78, 5) is 11.9. The lowest BCUT2D eigenvalue weighted by Gasteiger charge is -2.22. The molecule has 2 atom stereocenters. The van der Waals surface area contributed by atoms with Crippen LogP contribution >= 0.6 is 0 Å². The predicted molar refractivity (Wildman–Crippen MR) is 66.0 cm³/mol. The van der Waals surface area contributed by atoms with Gasteiger partial charge in [-0.05, 0) is 19.3 Å². The molecule has 0 aliphatic carbocycles. The zero-order chi connectivity index (χ0) is 12.8. The summed E-state index contributed by atoms with van der Waals surface area (Å²) in [6, 6.07) is 0. The van der Waals surface area contributed by atoms with Gasteiger partial charge in [0.05, 0.1) is 25.0 Å². The number of methoxy groups -OCH3 is 1. The van der Waals surface area contributed by atoms with Crippen LogP contribution in [-0.2, 0) is 19.0 Å². The van der Waals surface area contributed by atoms with Crippen LogP contribution in [0.3, 0.4) is 0 Å². The van der Waals surface area contributed by atoms with Gasteiger partial charge in [0, 0.05) is 26.2 Å². The maximum absolute atomic E-state index is 11.9. The van der Waals surface area contributed by atoms with Gasteiger partial charge in [-0.25, -0.2) is 0 Å². The third-order valence-electron chi connectivity index (χ3n) is 3.36. The minimum atomic E-state index is -0.0160. The maximum Gasteiger partial charge on any atom is 0.250 e. The lowest BCUT2D eigenvalue weighted by atomic mass is 10.0. The SMILES string of the molecule is COCC1CCC(C(=O)NCC2CCOC2)=CO1. The maximum atomic E-state index is 11.9. The number of hydrogen-bond acceptors (Lipinski definition) is 4. The summed E-state index contributed by atoms with van der Waals surface area (Å²) in [5.74, 6) is 0.443. The minimum absolute atomic E-state index is 0.0160. The molecule has 1 fully saturated rings. The van der Waals surface area contributed by atoms with E-state index in [-0.39, 0.29) is 12.0 Å². The van der Waals surface area contributed by atoms with E-state index in [0.29, 0.717) is 19.1 Å². The van der Waals surface area contributed by atoms with Crippen LogP contribution in [0.15, 0.2) is 11.8 Å². The number of hydrogen-bond donors (Lipinski definition) is 1. The molecule has 0 radical (unpaired) electrons. The molecule has 18 heavy (non-hydrogen) atoms. The molecule has 2 heterocycles. The van der Waals surface area contributed by atoms with Gasteiger partial charge in [0.2, 0.25) is 5.91 Å². The van der Waals surface area contributed by atoms with E-state index in [1.54, 1.807) is 13.4 Å². The second-order valence-corrected chi connectivity index (χ2v) is 4.83. The van der Waals surface area contributed by atoms with E-state index in [0.717, 1.165) is 38.0 Å². The minimum Gasteiger partial charge on any atom is -0.495 e. The average molecular weight is 255 g/mol. The summed E-state index contributed by atoms with van der Waals surface area (Å²) >= 11 is 0. The summed E-state index contributed by atoms with van der Waals surface area (Å²) < 4.78 is 15.7. The molecule has 0 aromatic rings. The topological polar surface area (TPSA) is 56.8 Å². The lowest BCUT2D eigenvalue weighted by molar-refractivity contribution is -0.118. The quantitative estimate of drug-likeness (QED) is 0.791. The van der Waals surface area contributed by atoms with E-state index in [1.807, 2.05) is 0 Å². The molecule has 1 saturated heterocycles. The first-order valence-corrected chi connectivity index (χ1v) is 6.49. The number of rotatable bonds is 5.